The average Bonchev–Trinajstić information content (AvgIpc) is 3.25. The molecule has 120 valence electrons. The van der Waals surface area contributed by atoms with Crippen LogP contribution in [-0.4, -0.2) is 34.2 Å². The fourth-order valence-corrected chi connectivity index (χ4v) is 5.12. The van der Waals surface area contributed by atoms with Gasteiger partial charge in [-0.15, -0.1) is 10.2 Å². The molecular formula is C16H18N4OS2. The number of nitrogens with one attached hydrogen (secondary N) is 2. The van der Waals surface area contributed by atoms with Crippen molar-refractivity contribution in [3.05, 3.63) is 34.8 Å². The van der Waals surface area contributed by atoms with E-state index in [-0.39, 0.29) is 11.9 Å². The number of benzene rings is 1. The van der Waals surface area contributed by atoms with Gasteiger partial charge in [-0.25, -0.2) is 0 Å². The van der Waals surface area contributed by atoms with Crippen LogP contribution in [0.4, 0.5) is 0 Å². The molecule has 3 heterocycles. The number of hydrogen-bond acceptors (Lipinski definition) is 6. The first-order valence-corrected chi connectivity index (χ1v) is 9.45. The van der Waals surface area contributed by atoms with E-state index in [4.69, 9.17) is 0 Å². The third-order valence-electron chi connectivity index (χ3n) is 4.45. The molecule has 1 aromatic heterocycles. The van der Waals surface area contributed by atoms with E-state index < -0.39 is 0 Å². The number of nitrogens with zero attached hydrogens (tertiary/aromatic N) is 2. The van der Waals surface area contributed by atoms with Crippen molar-refractivity contribution < 1.29 is 4.79 Å². The lowest BCUT2D eigenvalue weighted by Gasteiger charge is -2.21. The molecule has 3 atom stereocenters. The van der Waals surface area contributed by atoms with Crippen molar-refractivity contribution in [2.24, 2.45) is 0 Å². The Morgan fingerprint density at radius 2 is 2.13 bits per heavy atom. The zero-order chi connectivity index (χ0) is 15.8. The summed E-state index contributed by atoms with van der Waals surface area (Å²) in [7, 11) is 0. The van der Waals surface area contributed by atoms with Gasteiger partial charge in [-0.1, -0.05) is 23.1 Å². The van der Waals surface area contributed by atoms with E-state index >= 15 is 0 Å². The van der Waals surface area contributed by atoms with E-state index in [1.807, 2.05) is 31.2 Å². The fraction of sp³-hybridized carbons (Fsp3) is 0.438. The molecule has 23 heavy (non-hydrogen) atoms. The maximum Gasteiger partial charge on any atom is 0.251 e. The Labute approximate surface area is 143 Å². The first-order valence-electron chi connectivity index (χ1n) is 7.82. The predicted octanol–water partition coefficient (Wildman–Crippen LogP) is 2.62. The second kappa shape index (κ2) is 6.22. The topological polar surface area (TPSA) is 66.9 Å². The van der Waals surface area contributed by atoms with Gasteiger partial charge >= 0.3 is 0 Å². The van der Waals surface area contributed by atoms with Gasteiger partial charge in [0.1, 0.15) is 5.01 Å². The first kappa shape index (κ1) is 15.1. The lowest BCUT2D eigenvalue weighted by atomic mass is 9.95. The molecule has 0 saturated carbocycles. The van der Waals surface area contributed by atoms with Crippen molar-refractivity contribution in [3.63, 3.8) is 0 Å². The van der Waals surface area contributed by atoms with Crippen molar-refractivity contribution in [3.8, 4) is 0 Å². The molecular weight excluding hydrogens is 328 g/mol. The molecule has 0 radical (unpaired) electrons. The van der Waals surface area contributed by atoms with Gasteiger partial charge in [0, 0.05) is 28.6 Å². The van der Waals surface area contributed by atoms with E-state index in [2.05, 4.69) is 20.8 Å². The Kier molecular flexibility index (Phi) is 4.09. The number of carbonyl (C=O) groups is 1. The molecule has 7 heteroatoms. The molecule has 1 aromatic carbocycles. The average molecular weight is 346 g/mol. The summed E-state index contributed by atoms with van der Waals surface area (Å²) in [6.07, 6.45) is 3.47. The van der Waals surface area contributed by atoms with Crippen molar-refractivity contribution >= 4 is 29.0 Å². The highest BCUT2D eigenvalue weighted by Gasteiger charge is 2.39. The van der Waals surface area contributed by atoms with E-state index in [9.17, 15) is 4.79 Å². The minimum atomic E-state index is 0.0210. The fourth-order valence-electron chi connectivity index (χ4n) is 3.33. The molecule has 0 unspecified atom stereocenters. The van der Waals surface area contributed by atoms with E-state index in [0.29, 0.717) is 17.6 Å². The summed E-state index contributed by atoms with van der Waals surface area (Å²) in [5.41, 5.74) is 0.713. The highest BCUT2D eigenvalue weighted by molar-refractivity contribution is 8.01. The molecule has 2 saturated heterocycles. The monoisotopic (exact) mass is 346 g/mol. The van der Waals surface area contributed by atoms with Crippen LogP contribution < -0.4 is 10.6 Å². The van der Waals surface area contributed by atoms with Crippen LogP contribution in [0.3, 0.4) is 0 Å². The van der Waals surface area contributed by atoms with Crippen LogP contribution in [0, 0.1) is 6.92 Å². The molecule has 2 aliphatic rings. The number of aromatic nitrogens is 2. The Hall–Kier alpha value is -1.44. The Bertz CT molecular complexity index is 715. The van der Waals surface area contributed by atoms with Gasteiger partial charge < -0.3 is 10.6 Å². The van der Waals surface area contributed by atoms with Crippen LogP contribution in [0.1, 0.15) is 34.6 Å². The Morgan fingerprint density at radius 3 is 2.74 bits per heavy atom. The van der Waals surface area contributed by atoms with E-state index in [0.717, 1.165) is 20.7 Å². The normalized spacial score (nSPS) is 25.7. The van der Waals surface area contributed by atoms with Crippen LogP contribution in [0.2, 0.25) is 0 Å². The molecule has 2 aromatic rings. The molecule has 1 amide bonds. The minimum Gasteiger partial charge on any atom is -0.348 e. The standard InChI is InChI=1S/C16H18N4OS2/c1-9-19-20-16(22-9)23-12-5-2-10(3-6-12)15(21)18-14-8-11-4-7-13(14)17-11/h2-3,5-6,11,13-14,17H,4,7-8H2,1H3,(H,18,21)/t11-,13+,14-/m1/s1. The van der Waals surface area contributed by atoms with Crippen molar-refractivity contribution in [2.45, 2.75) is 53.5 Å². The smallest absolute Gasteiger partial charge is 0.251 e. The van der Waals surface area contributed by atoms with Gasteiger partial charge in [0.25, 0.3) is 5.91 Å². The van der Waals surface area contributed by atoms with Crippen LogP contribution in [0.15, 0.2) is 33.5 Å². The maximum atomic E-state index is 12.4. The third-order valence-corrected chi connectivity index (χ3v) is 6.34. The summed E-state index contributed by atoms with van der Waals surface area (Å²) in [6.45, 7) is 1.94. The zero-order valence-corrected chi connectivity index (χ0v) is 14.4. The van der Waals surface area contributed by atoms with Gasteiger partial charge in [-0.3, -0.25) is 4.79 Å². The van der Waals surface area contributed by atoms with Crippen LogP contribution in [0.25, 0.3) is 0 Å². The highest BCUT2D eigenvalue weighted by Crippen LogP contribution is 2.30. The number of amides is 1. The van der Waals surface area contributed by atoms with Crippen LogP contribution in [-0.2, 0) is 0 Å². The number of rotatable bonds is 4. The number of aryl methyl sites for hydroxylation is 1. The SMILES string of the molecule is Cc1nnc(Sc2ccc(C(=O)N[C@@H]3C[C@H]4CC[C@@H]3N4)cc2)s1. The first-order chi connectivity index (χ1) is 11.2. The Morgan fingerprint density at radius 1 is 1.30 bits per heavy atom. The summed E-state index contributed by atoms with van der Waals surface area (Å²) in [4.78, 5) is 13.5. The minimum absolute atomic E-state index is 0.0210. The summed E-state index contributed by atoms with van der Waals surface area (Å²) < 4.78 is 0.924. The third kappa shape index (κ3) is 3.27. The lowest BCUT2D eigenvalue weighted by Crippen LogP contribution is -2.42. The zero-order valence-electron chi connectivity index (χ0n) is 12.8. The van der Waals surface area contributed by atoms with Crippen molar-refractivity contribution in [2.75, 3.05) is 0 Å². The predicted molar refractivity (Wildman–Crippen MR) is 91.0 cm³/mol. The van der Waals surface area contributed by atoms with Gasteiger partial charge in [0.2, 0.25) is 0 Å². The largest absolute Gasteiger partial charge is 0.348 e. The van der Waals surface area contributed by atoms with Gasteiger partial charge in [0.15, 0.2) is 4.34 Å². The van der Waals surface area contributed by atoms with Gasteiger partial charge in [-0.05, 0) is 50.5 Å². The molecule has 0 spiro atoms. The summed E-state index contributed by atoms with van der Waals surface area (Å²) in [6, 6.07) is 9.03. The summed E-state index contributed by atoms with van der Waals surface area (Å²) in [5.74, 6) is 0.0210. The second-order valence-electron chi connectivity index (χ2n) is 6.08. The number of carbonyl (C=O) groups excluding carboxylic acids is 1. The molecule has 2 fully saturated rings. The highest BCUT2D eigenvalue weighted by atomic mass is 32.2. The summed E-state index contributed by atoms with van der Waals surface area (Å²) >= 11 is 3.15. The lowest BCUT2D eigenvalue weighted by molar-refractivity contribution is 0.0931. The van der Waals surface area contributed by atoms with E-state index in [1.54, 1.807) is 23.1 Å². The molecule has 5 nitrogen and oxygen atoms in total. The van der Waals surface area contributed by atoms with Gasteiger partial charge in [0.05, 0.1) is 0 Å². The van der Waals surface area contributed by atoms with Gasteiger partial charge in [-0.2, -0.15) is 0 Å². The maximum absolute atomic E-state index is 12.4. The molecule has 0 aliphatic carbocycles. The number of fused-ring (bicyclic) bond motifs is 2. The molecule has 2 bridgehead atoms. The van der Waals surface area contributed by atoms with Crippen molar-refractivity contribution in [1.29, 1.82) is 0 Å². The molecule has 4 rings (SSSR count). The van der Waals surface area contributed by atoms with Crippen molar-refractivity contribution in [1.82, 2.24) is 20.8 Å². The van der Waals surface area contributed by atoms with E-state index in [1.165, 1.54) is 12.8 Å². The molecule has 2 aliphatic heterocycles. The van der Waals surface area contributed by atoms with Crippen LogP contribution >= 0.6 is 23.1 Å². The Balaban J connectivity index is 1.38. The summed E-state index contributed by atoms with van der Waals surface area (Å²) in [5, 5.41) is 15.8. The quantitative estimate of drug-likeness (QED) is 0.891. The second-order valence-corrected chi connectivity index (χ2v) is 8.58. The number of hydrogen-bond donors (Lipinski definition) is 2. The molecule has 2 N–H and O–H groups in total. The van der Waals surface area contributed by atoms with Crippen LogP contribution in [0.5, 0.6) is 0 Å².